The molecule has 0 saturated heterocycles. The van der Waals surface area contributed by atoms with E-state index in [1.807, 2.05) is 30.3 Å². The smallest absolute Gasteiger partial charge is 0.336 e. The normalized spacial score (nSPS) is 10.9. The molecule has 8 nitrogen and oxygen atoms in total. The second-order valence-electron chi connectivity index (χ2n) is 8.80. The maximum absolute atomic E-state index is 13.5. The Morgan fingerprint density at radius 3 is 2.26 bits per heavy atom. The molecule has 196 valence electrons. The fourth-order valence-electron chi connectivity index (χ4n) is 4.15. The number of benzene rings is 3. The van der Waals surface area contributed by atoms with E-state index < -0.39 is 23.0 Å². The Bertz CT molecular complexity index is 1760. The number of nitrogens with one attached hydrogen (secondary N) is 2. The summed E-state index contributed by atoms with van der Waals surface area (Å²) in [7, 11) is 0. The monoisotopic (exact) mass is 542 g/mol. The Morgan fingerprint density at radius 2 is 1.54 bits per heavy atom. The van der Waals surface area contributed by atoms with E-state index in [2.05, 4.69) is 10.6 Å². The van der Waals surface area contributed by atoms with Crippen LogP contribution in [0.3, 0.4) is 0 Å². The highest BCUT2D eigenvalue weighted by molar-refractivity contribution is 7.17. The lowest BCUT2D eigenvalue weighted by Crippen LogP contribution is -2.40. The molecule has 0 saturated carbocycles. The summed E-state index contributed by atoms with van der Waals surface area (Å²) in [5.74, 6) is -1.09. The van der Waals surface area contributed by atoms with Crippen molar-refractivity contribution in [1.29, 1.82) is 0 Å². The highest BCUT2D eigenvalue weighted by atomic mass is 32.1. The Morgan fingerprint density at radius 1 is 0.821 bits per heavy atom. The van der Waals surface area contributed by atoms with Crippen LogP contribution in [0.1, 0.15) is 11.1 Å². The molecule has 0 aliphatic rings. The van der Waals surface area contributed by atoms with E-state index in [9.17, 15) is 23.6 Å². The Hall–Kier alpha value is -4.83. The fourth-order valence-corrected chi connectivity index (χ4v) is 4.98. The summed E-state index contributed by atoms with van der Waals surface area (Å²) in [5.41, 5.74) is 1.60. The van der Waals surface area contributed by atoms with Gasteiger partial charge < -0.3 is 10.6 Å². The van der Waals surface area contributed by atoms with E-state index >= 15 is 0 Å². The third-order valence-electron chi connectivity index (χ3n) is 6.08. The Labute approximate surface area is 226 Å². The number of carbonyl (C=O) groups is 2. The van der Waals surface area contributed by atoms with Gasteiger partial charge in [-0.25, -0.2) is 13.8 Å². The highest BCUT2D eigenvalue weighted by Crippen LogP contribution is 2.17. The minimum atomic E-state index is -0.673. The lowest BCUT2D eigenvalue weighted by atomic mass is 10.1. The molecular weight excluding hydrogens is 519 g/mol. The van der Waals surface area contributed by atoms with E-state index in [0.717, 1.165) is 10.1 Å². The number of anilines is 1. The summed E-state index contributed by atoms with van der Waals surface area (Å²) >= 11 is 1.17. The van der Waals surface area contributed by atoms with Crippen molar-refractivity contribution in [3.8, 4) is 5.69 Å². The molecule has 0 atom stereocenters. The van der Waals surface area contributed by atoms with Gasteiger partial charge in [0.1, 0.15) is 17.1 Å². The zero-order valence-corrected chi connectivity index (χ0v) is 21.4. The van der Waals surface area contributed by atoms with Gasteiger partial charge in [-0.15, -0.1) is 11.3 Å². The average molecular weight is 543 g/mol. The van der Waals surface area contributed by atoms with Crippen LogP contribution in [0.15, 0.2) is 99.9 Å². The summed E-state index contributed by atoms with van der Waals surface area (Å²) in [6.45, 7) is 0.0750. The number of rotatable bonds is 8. The van der Waals surface area contributed by atoms with Crippen LogP contribution in [0.25, 0.3) is 15.9 Å². The molecule has 0 spiro atoms. The van der Waals surface area contributed by atoms with Gasteiger partial charge in [0.15, 0.2) is 0 Å². The molecular formula is C29H23FN4O4S. The first-order valence-corrected chi connectivity index (χ1v) is 13.0. The maximum atomic E-state index is 13.5. The highest BCUT2D eigenvalue weighted by Gasteiger charge is 2.18. The molecule has 10 heteroatoms. The molecule has 2 aromatic heterocycles. The number of amides is 2. The first kappa shape index (κ1) is 25.8. The van der Waals surface area contributed by atoms with Crippen LogP contribution >= 0.6 is 11.3 Å². The molecule has 2 N–H and O–H groups in total. The number of hydrogen-bond acceptors (Lipinski definition) is 5. The van der Waals surface area contributed by atoms with E-state index in [1.165, 1.54) is 40.2 Å². The fraction of sp³-hybridized carbons (Fsp3) is 0.103. The minimum absolute atomic E-state index is 0.139. The second kappa shape index (κ2) is 11.3. The molecule has 3 aromatic carbocycles. The van der Waals surface area contributed by atoms with Crippen molar-refractivity contribution >= 4 is 39.1 Å². The third kappa shape index (κ3) is 5.86. The number of thiophene rings is 1. The number of carbonyl (C=O) groups excluding carboxylic acids is 2. The maximum Gasteiger partial charge on any atom is 0.336 e. The van der Waals surface area contributed by atoms with Crippen molar-refractivity contribution in [3.63, 3.8) is 0 Å². The lowest BCUT2D eigenvalue weighted by molar-refractivity contribution is -0.120. The van der Waals surface area contributed by atoms with Crippen LogP contribution in [0, 0.1) is 5.82 Å². The zero-order valence-electron chi connectivity index (χ0n) is 20.6. The number of aromatic nitrogens is 2. The van der Waals surface area contributed by atoms with E-state index in [4.69, 9.17) is 0 Å². The van der Waals surface area contributed by atoms with Gasteiger partial charge >= 0.3 is 5.69 Å². The van der Waals surface area contributed by atoms with Crippen LogP contribution in [0.5, 0.6) is 0 Å². The minimum Gasteiger partial charge on any atom is -0.352 e. The SMILES string of the molecule is O=C(Cc1ccc(-n2c(=O)c3sccc3n(CC(=O)Nc3ccc(F)cc3)c2=O)cc1)NCc1ccccc1. The summed E-state index contributed by atoms with van der Waals surface area (Å²) in [6.07, 6.45) is 0.139. The van der Waals surface area contributed by atoms with E-state index in [0.29, 0.717) is 33.7 Å². The van der Waals surface area contributed by atoms with Gasteiger partial charge in [0.05, 0.1) is 17.6 Å². The molecule has 5 rings (SSSR count). The second-order valence-corrected chi connectivity index (χ2v) is 9.72. The average Bonchev–Trinajstić information content (AvgIpc) is 3.43. The standard InChI is InChI=1S/C29H23FN4O4S/c30-21-8-10-22(11-9-21)32-26(36)18-33-24-14-15-39-27(24)28(37)34(29(33)38)23-12-6-19(7-13-23)16-25(35)31-17-20-4-2-1-3-5-20/h1-15H,16-18H2,(H,31,35)(H,32,36). The van der Waals surface area contributed by atoms with Gasteiger partial charge in [-0.3, -0.25) is 19.0 Å². The van der Waals surface area contributed by atoms with E-state index in [-0.39, 0.29) is 18.9 Å². The van der Waals surface area contributed by atoms with Crippen LogP contribution in [-0.4, -0.2) is 20.9 Å². The van der Waals surface area contributed by atoms with Crippen molar-refractivity contribution in [2.45, 2.75) is 19.5 Å². The first-order chi connectivity index (χ1) is 18.9. The van der Waals surface area contributed by atoms with Gasteiger partial charge in [-0.2, -0.15) is 0 Å². The van der Waals surface area contributed by atoms with Crippen LogP contribution in [0.4, 0.5) is 10.1 Å². The quantitative estimate of drug-likeness (QED) is 0.311. The van der Waals surface area contributed by atoms with Gasteiger partial charge in [0, 0.05) is 12.2 Å². The Balaban J connectivity index is 1.36. The molecule has 0 bridgehead atoms. The lowest BCUT2D eigenvalue weighted by Gasteiger charge is -2.13. The van der Waals surface area contributed by atoms with Crippen molar-refractivity contribution in [2.24, 2.45) is 0 Å². The van der Waals surface area contributed by atoms with Crippen molar-refractivity contribution in [3.05, 3.63) is 128 Å². The van der Waals surface area contributed by atoms with E-state index in [1.54, 1.807) is 35.7 Å². The van der Waals surface area contributed by atoms with Gasteiger partial charge in [0.2, 0.25) is 11.8 Å². The molecule has 5 aromatic rings. The van der Waals surface area contributed by atoms with Crippen LogP contribution in [0.2, 0.25) is 0 Å². The number of fused-ring (bicyclic) bond motifs is 1. The molecule has 0 aliphatic carbocycles. The molecule has 0 fully saturated rings. The topological polar surface area (TPSA) is 102 Å². The predicted molar refractivity (Wildman–Crippen MR) is 149 cm³/mol. The van der Waals surface area contributed by atoms with Crippen LogP contribution < -0.4 is 21.9 Å². The van der Waals surface area contributed by atoms with Crippen molar-refractivity contribution in [2.75, 3.05) is 5.32 Å². The molecule has 0 aliphatic heterocycles. The zero-order chi connectivity index (χ0) is 27.4. The van der Waals surface area contributed by atoms with Crippen molar-refractivity contribution in [1.82, 2.24) is 14.5 Å². The Kier molecular flexibility index (Phi) is 7.46. The predicted octanol–water partition coefficient (Wildman–Crippen LogP) is 3.85. The molecule has 2 heterocycles. The molecule has 2 amide bonds. The first-order valence-electron chi connectivity index (χ1n) is 12.1. The molecule has 39 heavy (non-hydrogen) atoms. The van der Waals surface area contributed by atoms with Gasteiger partial charge in [-0.1, -0.05) is 42.5 Å². The van der Waals surface area contributed by atoms with Crippen LogP contribution in [-0.2, 0) is 29.1 Å². The summed E-state index contributed by atoms with van der Waals surface area (Å²) < 4.78 is 15.8. The summed E-state index contributed by atoms with van der Waals surface area (Å²) in [6, 6.07) is 23.0. The van der Waals surface area contributed by atoms with Gasteiger partial charge in [0.25, 0.3) is 5.56 Å². The molecule has 0 radical (unpaired) electrons. The number of hydrogen-bond donors (Lipinski definition) is 2. The number of halogens is 1. The van der Waals surface area contributed by atoms with Crippen molar-refractivity contribution < 1.29 is 14.0 Å². The molecule has 0 unspecified atom stereocenters. The third-order valence-corrected chi connectivity index (χ3v) is 6.97. The van der Waals surface area contributed by atoms with Gasteiger partial charge in [-0.05, 0) is 59.0 Å². The summed E-state index contributed by atoms with van der Waals surface area (Å²) in [4.78, 5) is 51.8. The largest absolute Gasteiger partial charge is 0.352 e. The number of nitrogens with zero attached hydrogens (tertiary/aromatic N) is 2. The summed E-state index contributed by atoms with van der Waals surface area (Å²) in [5, 5.41) is 7.19.